The lowest BCUT2D eigenvalue weighted by atomic mass is 10.00. The summed E-state index contributed by atoms with van der Waals surface area (Å²) in [6.45, 7) is 0.677. The maximum Gasteiger partial charge on any atom is 0.224 e. The second-order valence-electron chi connectivity index (χ2n) is 5.39. The molecule has 0 spiro atoms. The molecule has 1 aliphatic heterocycles. The highest BCUT2D eigenvalue weighted by Crippen LogP contribution is 2.32. The number of rotatable bonds is 4. The first kappa shape index (κ1) is 13.8. The summed E-state index contributed by atoms with van der Waals surface area (Å²) >= 11 is 0. The van der Waals surface area contributed by atoms with Crippen LogP contribution in [0.2, 0.25) is 0 Å². The molecule has 0 aliphatic carbocycles. The normalized spacial score (nSPS) is 22.0. The molecule has 0 saturated carbocycles. The first-order valence-corrected chi connectivity index (χ1v) is 7.02. The number of halogens is 1. The van der Waals surface area contributed by atoms with Crippen molar-refractivity contribution in [3.05, 3.63) is 59.7 Å². The van der Waals surface area contributed by atoms with Crippen LogP contribution in [0.4, 0.5) is 4.39 Å². The summed E-state index contributed by atoms with van der Waals surface area (Å²) in [6.07, 6.45) is 2.33. The van der Waals surface area contributed by atoms with Crippen LogP contribution in [0.5, 0.6) is 0 Å². The molecule has 1 fully saturated rings. The Kier molecular flexibility index (Phi) is 3.75. The Morgan fingerprint density at radius 3 is 2.76 bits per heavy atom. The van der Waals surface area contributed by atoms with E-state index in [1.54, 1.807) is 24.1 Å². The summed E-state index contributed by atoms with van der Waals surface area (Å²) in [5.41, 5.74) is 2.03. The van der Waals surface area contributed by atoms with Gasteiger partial charge in [0.1, 0.15) is 5.82 Å². The van der Waals surface area contributed by atoms with Crippen LogP contribution in [0.25, 0.3) is 0 Å². The number of nitrogens with one attached hydrogen (secondary N) is 2. The van der Waals surface area contributed by atoms with E-state index in [4.69, 9.17) is 0 Å². The number of aromatic amines is 1. The van der Waals surface area contributed by atoms with E-state index in [0.717, 1.165) is 11.3 Å². The number of amides is 1. The van der Waals surface area contributed by atoms with E-state index in [0.29, 0.717) is 13.0 Å². The summed E-state index contributed by atoms with van der Waals surface area (Å²) in [6, 6.07) is 10.3. The third-order valence-corrected chi connectivity index (χ3v) is 4.01. The van der Waals surface area contributed by atoms with Gasteiger partial charge in [0.2, 0.25) is 5.91 Å². The van der Waals surface area contributed by atoms with Crippen molar-refractivity contribution in [1.82, 2.24) is 15.2 Å². The van der Waals surface area contributed by atoms with E-state index in [1.807, 2.05) is 18.3 Å². The summed E-state index contributed by atoms with van der Waals surface area (Å²) < 4.78 is 13.1. The standard InChI is InChI=1S/C16H18FN3O/c1-20-15(21)9-14(19-10-13-3-2-8-18-13)16(20)11-4-6-12(17)7-5-11/h2-8,14,16,18-19H,9-10H2,1H3/t14-,16-/m1/s1. The number of likely N-dealkylation sites (tertiary alicyclic amines) is 1. The lowest BCUT2D eigenvalue weighted by Gasteiger charge is -2.26. The summed E-state index contributed by atoms with van der Waals surface area (Å²) in [5.74, 6) is -0.157. The molecular formula is C16H18FN3O. The molecule has 21 heavy (non-hydrogen) atoms. The van der Waals surface area contributed by atoms with Crippen molar-refractivity contribution < 1.29 is 9.18 Å². The van der Waals surface area contributed by atoms with Crippen molar-refractivity contribution in [1.29, 1.82) is 0 Å². The Bertz CT molecular complexity index is 609. The summed E-state index contributed by atoms with van der Waals surface area (Å²) in [5, 5.41) is 3.42. The van der Waals surface area contributed by atoms with E-state index in [2.05, 4.69) is 10.3 Å². The van der Waals surface area contributed by atoms with Crippen molar-refractivity contribution in [2.45, 2.75) is 25.0 Å². The molecule has 0 bridgehead atoms. The second kappa shape index (κ2) is 5.69. The number of benzene rings is 1. The third-order valence-electron chi connectivity index (χ3n) is 4.01. The highest BCUT2D eigenvalue weighted by Gasteiger charge is 2.38. The first-order valence-electron chi connectivity index (χ1n) is 7.02. The molecule has 0 radical (unpaired) electrons. The van der Waals surface area contributed by atoms with Crippen LogP contribution in [0.15, 0.2) is 42.6 Å². The Morgan fingerprint density at radius 1 is 1.33 bits per heavy atom. The molecule has 3 rings (SSSR count). The monoisotopic (exact) mass is 287 g/mol. The average molecular weight is 287 g/mol. The topological polar surface area (TPSA) is 48.1 Å². The fraction of sp³-hybridized carbons (Fsp3) is 0.312. The van der Waals surface area contributed by atoms with Crippen molar-refractivity contribution in [3.8, 4) is 0 Å². The van der Waals surface area contributed by atoms with Gasteiger partial charge in [0, 0.05) is 37.9 Å². The molecule has 1 aromatic heterocycles. The molecule has 1 aromatic carbocycles. The van der Waals surface area contributed by atoms with E-state index in [1.165, 1.54) is 12.1 Å². The molecule has 2 aromatic rings. The van der Waals surface area contributed by atoms with Gasteiger partial charge in [-0.25, -0.2) is 4.39 Å². The molecule has 0 unspecified atom stereocenters. The van der Waals surface area contributed by atoms with Crippen LogP contribution in [0, 0.1) is 5.82 Å². The largest absolute Gasteiger partial charge is 0.364 e. The minimum atomic E-state index is -0.262. The molecule has 1 amide bonds. The molecule has 2 heterocycles. The molecule has 2 N–H and O–H groups in total. The first-order chi connectivity index (χ1) is 10.1. The van der Waals surface area contributed by atoms with E-state index >= 15 is 0 Å². The van der Waals surface area contributed by atoms with Crippen molar-refractivity contribution in [2.24, 2.45) is 0 Å². The van der Waals surface area contributed by atoms with Crippen molar-refractivity contribution in [2.75, 3.05) is 7.05 Å². The zero-order valence-corrected chi connectivity index (χ0v) is 11.8. The molecule has 1 saturated heterocycles. The summed E-state index contributed by atoms with van der Waals surface area (Å²) in [4.78, 5) is 16.9. The van der Waals surface area contributed by atoms with Gasteiger partial charge in [0.05, 0.1) is 6.04 Å². The second-order valence-corrected chi connectivity index (χ2v) is 5.39. The molecule has 1 aliphatic rings. The number of likely N-dealkylation sites (N-methyl/N-ethyl adjacent to an activating group) is 1. The van der Waals surface area contributed by atoms with E-state index in [9.17, 15) is 9.18 Å². The molecule has 5 heteroatoms. The Labute approximate surface area is 123 Å². The minimum absolute atomic E-state index is 0.0243. The zero-order valence-electron chi connectivity index (χ0n) is 11.8. The number of H-pyrrole nitrogens is 1. The smallest absolute Gasteiger partial charge is 0.224 e. The van der Waals surface area contributed by atoms with Crippen LogP contribution in [-0.4, -0.2) is 28.9 Å². The van der Waals surface area contributed by atoms with Gasteiger partial charge in [-0.3, -0.25) is 4.79 Å². The van der Waals surface area contributed by atoms with Gasteiger partial charge in [0.25, 0.3) is 0 Å². The SMILES string of the molecule is CN1C(=O)C[C@@H](NCc2ccc[nH]2)[C@H]1c1ccc(F)cc1. The average Bonchev–Trinajstić information content (AvgIpc) is 3.08. The Hall–Kier alpha value is -2.14. The molecule has 4 nitrogen and oxygen atoms in total. The zero-order chi connectivity index (χ0) is 14.8. The number of nitrogens with zero attached hydrogens (tertiary/aromatic N) is 1. The van der Waals surface area contributed by atoms with Gasteiger partial charge < -0.3 is 15.2 Å². The van der Waals surface area contributed by atoms with Crippen LogP contribution in [0.1, 0.15) is 23.7 Å². The van der Waals surface area contributed by atoms with E-state index in [-0.39, 0.29) is 23.8 Å². The van der Waals surface area contributed by atoms with Crippen molar-refractivity contribution in [3.63, 3.8) is 0 Å². The Morgan fingerprint density at radius 2 is 2.10 bits per heavy atom. The number of hydrogen-bond acceptors (Lipinski definition) is 2. The number of hydrogen-bond donors (Lipinski definition) is 2. The van der Waals surface area contributed by atoms with Crippen LogP contribution in [-0.2, 0) is 11.3 Å². The predicted molar refractivity (Wildman–Crippen MR) is 77.9 cm³/mol. The van der Waals surface area contributed by atoms with Crippen LogP contribution in [0.3, 0.4) is 0 Å². The lowest BCUT2D eigenvalue weighted by Crippen LogP contribution is -2.34. The molecule has 110 valence electrons. The van der Waals surface area contributed by atoms with Gasteiger partial charge in [-0.05, 0) is 29.8 Å². The maximum atomic E-state index is 13.1. The lowest BCUT2D eigenvalue weighted by molar-refractivity contribution is -0.127. The van der Waals surface area contributed by atoms with Crippen molar-refractivity contribution >= 4 is 5.91 Å². The van der Waals surface area contributed by atoms with Gasteiger partial charge >= 0.3 is 0 Å². The van der Waals surface area contributed by atoms with E-state index < -0.39 is 0 Å². The van der Waals surface area contributed by atoms with Crippen LogP contribution >= 0.6 is 0 Å². The summed E-state index contributed by atoms with van der Waals surface area (Å²) in [7, 11) is 1.80. The van der Waals surface area contributed by atoms with Gasteiger partial charge in [0.15, 0.2) is 0 Å². The Balaban J connectivity index is 1.77. The number of carbonyl (C=O) groups excluding carboxylic acids is 1. The molecule has 2 atom stereocenters. The fourth-order valence-electron chi connectivity index (χ4n) is 2.89. The fourth-order valence-corrected chi connectivity index (χ4v) is 2.89. The number of carbonyl (C=O) groups is 1. The van der Waals surface area contributed by atoms with Gasteiger partial charge in [-0.1, -0.05) is 12.1 Å². The highest BCUT2D eigenvalue weighted by atomic mass is 19.1. The third kappa shape index (κ3) is 2.83. The quantitative estimate of drug-likeness (QED) is 0.906. The van der Waals surface area contributed by atoms with Gasteiger partial charge in [-0.15, -0.1) is 0 Å². The highest BCUT2D eigenvalue weighted by molar-refractivity contribution is 5.80. The van der Waals surface area contributed by atoms with Crippen LogP contribution < -0.4 is 5.32 Å². The van der Waals surface area contributed by atoms with Gasteiger partial charge in [-0.2, -0.15) is 0 Å². The number of aromatic nitrogens is 1. The maximum absolute atomic E-state index is 13.1. The minimum Gasteiger partial charge on any atom is -0.364 e. The predicted octanol–water partition coefficient (Wildman–Crippen LogP) is 2.22. The molecular weight excluding hydrogens is 269 g/mol.